The van der Waals surface area contributed by atoms with Crippen LogP contribution in [0.2, 0.25) is 0 Å². The third kappa shape index (κ3) is 6.42. The van der Waals surface area contributed by atoms with Crippen LogP contribution >= 0.6 is 0 Å². The van der Waals surface area contributed by atoms with E-state index in [0.29, 0.717) is 18.0 Å². The van der Waals surface area contributed by atoms with Crippen molar-refractivity contribution in [1.29, 1.82) is 0 Å². The highest BCUT2D eigenvalue weighted by molar-refractivity contribution is 6.01. The molecule has 2 heteroatoms. The predicted molar refractivity (Wildman–Crippen MR) is 245 cm³/mol. The number of benzene rings is 4. The molecule has 4 aromatic carbocycles. The molecule has 11 rings (SSSR count). The molecule has 0 amide bonds. The molecular formula is C56H54N2. The van der Waals surface area contributed by atoms with Gasteiger partial charge in [-0.2, -0.15) is 0 Å². The van der Waals surface area contributed by atoms with Crippen LogP contribution in [0.5, 0.6) is 0 Å². The predicted octanol–water partition coefficient (Wildman–Crippen LogP) is 14.5. The molecule has 3 atom stereocenters. The maximum atomic E-state index is 2.89. The van der Waals surface area contributed by atoms with E-state index in [4.69, 9.17) is 0 Å². The number of para-hydroxylation sites is 1. The molecule has 288 valence electrons. The number of hydrogen-bond donors (Lipinski definition) is 0. The number of allylic oxidation sites excluding steroid dienone is 13. The van der Waals surface area contributed by atoms with E-state index in [1.54, 1.807) is 22.4 Å². The second-order valence-electron chi connectivity index (χ2n) is 17.4. The van der Waals surface area contributed by atoms with E-state index in [0.717, 1.165) is 44.9 Å². The molecule has 0 aliphatic heterocycles. The summed E-state index contributed by atoms with van der Waals surface area (Å²) in [5.41, 5.74) is 17.7. The molecule has 0 N–H and O–H groups in total. The third-order valence-corrected chi connectivity index (χ3v) is 14.2. The van der Waals surface area contributed by atoms with Gasteiger partial charge in [-0.15, -0.1) is 0 Å². The van der Waals surface area contributed by atoms with Gasteiger partial charge in [0, 0.05) is 40.5 Å². The Hall–Kier alpha value is -5.60. The zero-order valence-corrected chi connectivity index (χ0v) is 33.8. The Morgan fingerprint density at radius 1 is 0.603 bits per heavy atom. The zero-order chi connectivity index (χ0) is 38.4. The lowest BCUT2D eigenvalue weighted by molar-refractivity contribution is 0.179. The van der Waals surface area contributed by atoms with Crippen molar-refractivity contribution >= 4 is 33.3 Å². The summed E-state index contributed by atoms with van der Waals surface area (Å²) in [7, 11) is 0. The lowest BCUT2D eigenvalue weighted by atomic mass is 9.79. The number of hydrogen-bond acceptors (Lipinski definition) is 1. The van der Waals surface area contributed by atoms with Gasteiger partial charge in [0.2, 0.25) is 0 Å². The Kier molecular flexibility index (Phi) is 9.37. The first-order valence-electron chi connectivity index (χ1n) is 22.3. The fraction of sp³-hybridized carbons (Fsp3) is 0.286. The van der Waals surface area contributed by atoms with Crippen LogP contribution < -0.4 is 0 Å². The minimum Gasteiger partial charge on any atom is -0.365 e. The summed E-state index contributed by atoms with van der Waals surface area (Å²) in [6.07, 6.45) is 39.9. The van der Waals surface area contributed by atoms with Crippen LogP contribution in [0, 0.1) is 0 Å². The molecule has 0 spiro atoms. The number of aryl methyl sites for hydroxylation is 1. The zero-order valence-electron chi connectivity index (χ0n) is 33.8. The van der Waals surface area contributed by atoms with Gasteiger partial charge in [-0.05, 0) is 169 Å². The molecule has 2 nitrogen and oxygen atoms in total. The molecule has 1 aromatic heterocycles. The van der Waals surface area contributed by atoms with Crippen LogP contribution in [-0.4, -0.2) is 21.6 Å². The van der Waals surface area contributed by atoms with Gasteiger partial charge in [0.05, 0.1) is 5.52 Å². The Balaban J connectivity index is 0.936. The second-order valence-corrected chi connectivity index (χ2v) is 17.4. The summed E-state index contributed by atoms with van der Waals surface area (Å²) < 4.78 is 2.59. The largest absolute Gasteiger partial charge is 0.365 e. The van der Waals surface area contributed by atoms with Crippen LogP contribution in [0.1, 0.15) is 105 Å². The Morgan fingerprint density at radius 3 is 2.26 bits per heavy atom. The molecule has 1 heterocycles. The summed E-state index contributed by atoms with van der Waals surface area (Å²) in [6.45, 7) is 0. The van der Waals surface area contributed by atoms with Crippen molar-refractivity contribution in [2.45, 2.75) is 101 Å². The Bertz CT molecular complexity index is 2660. The van der Waals surface area contributed by atoms with E-state index in [1.165, 1.54) is 99.4 Å². The van der Waals surface area contributed by atoms with Crippen LogP contribution in [-0.2, 0) is 6.42 Å². The van der Waals surface area contributed by atoms with Gasteiger partial charge in [0.25, 0.3) is 0 Å². The smallest absolute Gasteiger partial charge is 0.0544 e. The summed E-state index contributed by atoms with van der Waals surface area (Å²) in [4.78, 5) is 2.89. The SMILES string of the molecule is C1=CC2=C(C3=CC=C(N(C4C=CC(c5ccccc5-n5c6c(c7cc8ccccc8cc75)CCC=C6)CC4)C4CC=C(c5ccccc5)CC4)CC3)CCC=C2CC1. The molecule has 6 aliphatic carbocycles. The van der Waals surface area contributed by atoms with Crippen molar-refractivity contribution in [3.8, 4) is 5.69 Å². The molecular weight excluding hydrogens is 701 g/mol. The average Bonchev–Trinajstić information content (AvgIpc) is 3.62. The maximum absolute atomic E-state index is 2.89. The quantitative estimate of drug-likeness (QED) is 0.150. The number of fused-ring (bicyclic) bond motifs is 5. The van der Waals surface area contributed by atoms with Gasteiger partial charge >= 0.3 is 0 Å². The van der Waals surface area contributed by atoms with Gasteiger partial charge in [0.15, 0.2) is 0 Å². The summed E-state index contributed by atoms with van der Waals surface area (Å²) >= 11 is 0. The first-order valence-corrected chi connectivity index (χ1v) is 22.3. The summed E-state index contributed by atoms with van der Waals surface area (Å²) in [5.74, 6) is 0.378. The van der Waals surface area contributed by atoms with E-state index in [9.17, 15) is 0 Å². The number of nitrogens with zero attached hydrogens (tertiary/aromatic N) is 2. The van der Waals surface area contributed by atoms with Crippen LogP contribution in [0.4, 0.5) is 0 Å². The topological polar surface area (TPSA) is 8.17 Å². The van der Waals surface area contributed by atoms with Gasteiger partial charge in [-0.1, -0.05) is 121 Å². The Morgan fingerprint density at radius 2 is 1.43 bits per heavy atom. The normalized spacial score (nSPS) is 22.9. The summed E-state index contributed by atoms with van der Waals surface area (Å²) in [6, 6.07) is 35.0. The molecule has 3 unspecified atom stereocenters. The maximum Gasteiger partial charge on any atom is 0.0544 e. The molecule has 0 radical (unpaired) electrons. The Labute approximate surface area is 344 Å². The lowest BCUT2D eigenvalue weighted by Gasteiger charge is -2.44. The minimum atomic E-state index is 0.378. The molecule has 5 aromatic rings. The molecule has 0 saturated heterocycles. The highest BCUT2D eigenvalue weighted by atomic mass is 15.2. The third-order valence-electron chi connectivity index (χ3n) is 14.2. The first-order chi connectivity index (χ1) is 28.8. The van der Waals surface area contributed by atoms with E-state index in [1.807, 2.05) is 0 Å². The van der Waals surface area contributed by atoms with E-state index < -0.39 is 0 Å². The molecule has 0 saturated carbocycles. The highest BCUT2D eigenvalue weighted by Gasteiger charge is 2.33. The average molecular weight is 755 g/mol. The van der Waals surface area contributed by atoms with Gasteiger partial charge in [-0.25, -0.2) is 0 Å². The van der Waals surface area contributed by atoms with Crippen molar-refractivity contribution in [3.05, 3.63) is 196 Å². The summed E-state index contributed by atoms with van der Waals surface area (Å²) in [5, 5.41) is 4.04. The van der Waals surface area contributed by atoms with E-state index in [-0.39, 0.29) is 0 Å². The number of aromatic nitrogens is 1. The van der Waals surface area contributed by atoms with Crippen molar-refractivity contribution in [3.63, 3.8) is 0 Å². The van der Waals surface area contributed by atoms with Gasteiger partial charge < -0.3 is 9.47 Å². The monoisotopic (exact) mass is 754 g/mol. The fourth-order valence-corrected chi connectivity index (χ4v) is 11.3. The number of rotatable bonds is 7. The minimum absolute atomic E-state index is 0.378. The molecule has 0 fully saturated rings. The van der Waals surface area contributed by atoms with E-state index >= 15 is 0 Å². The van der Waals surface area contributed by atoms with Crippen LogP contribution in [0.25, 0.3) is 39.0 Å². The van der Waals surface area contributed by atoms with E-state index in [2.05, 4.69) is 161 Å². The van der Waals surface area contributed by atoms with Crippen molar-refractivity contribution in [2.75, 3.05) is 0 Å². The molecule has 6 aliphatic rings. The van der Waals surface area contributed by atoms with Crippen molar-refractivity contribution in [1.82, 2.24) is 9.47 Å². The molecule has 0 bridgehead atoms. The second kappa shape index (κ2) is 15.3. The van der Waals surface area contributed by atoms with Gasteiger partial charge in [-0.3, -0.25) is 0 Å². The lowest BCUT2D eigenvalue weighted by Crippen LogP contribution is -2.43. The fourth-order valence-electron chi connectivity index (χ4n) is 11.3. The van der Waals surface area contributed by atoms with Crippen LogP contribution in [0.3, 0.4) is 0 Å². The molecule has 58 heavy (non-hydrogen) atoms. The van der Waals surface area contributed by atoms with Crippen LogP contribution in [0.15, 0.2) is 174 Å². The van der Waals surface area contributed by atoms with Crippen molar-refractivity contribution in [2.24, 2.45) is 0 Å². The standard InChI is InChI=1S/C56H54N2/c1-2-13-39(14-3-1)40-25-31-46(32-26-40)57(47-33-27-42(28-34-47)50-22-12-18-41-15-6-7-19-49(41)50)48-35-29-43(30-36-48)51-20-8-10-23-54(51)58-55-24-11-9-21-52(55)53-37-44-16-4-5-17-45(44)38-56(53)58/h1-5,7-8,10-11,13-14,16-20,23-25,27,29,33,35,37-38,43,46,48H,6,9,12,15,21-22,26,28,30-32,34,36H2. The first kappa shape index (κ1) is 35.6. The highest BCUT2D eigenvalue weighted by Crippen LogP contribution is 2.44. The van der Waals surface area contributed by atoms with Crippen molar-refractivity contribution < 1.29 is 0 Å². The van der Waals surface area contributed by atoms with Gasteiger partial charge in [0.1, 0.15) is 0 Å².